The molecule has 0 saturated carbocycles. The molecule has 2 N–H and O–H groups in total. The molecule has 0 spiro atoms. The van der Waals surface area contributed by atoms with Crippen LogP contribution in [0.25, 0.3) is 0 Å². The standard InChI is InChI=1S/C11H12FN3O2S2/c1-13-7-8-2-3-9(12)10(6-8)19(16,17)15-11-14-4-5-18-11/h2-6,13H,7H2,1H3,(H,14,15). The number of benzene rings is 1. The van der Waals surface area contributed by atoms with Gasteiger partial charge in [0.25, 0.3) is 10.0 Å². The maximum atomic E-state index is 13.7. The maximum absolute atomic E-state index is 13.7. The van der Waals surface area contributed by atoms with Crippen molar-refractivity contribution in [2.75, 3.05) is 11.8 Å². The maximum Gasteiger partial charge on any atom is 0.266 e. The Morgan fingerprint density at radius 3 is 2.84 bits per heavy atom. The summed E-state index contributed by atoms with van der Waals surface area (Å²) in [7, 11) is -2.23. The predicted molar refractivity (Wildman–Crippen MR) is 72.1 cm³/mol. The van der Waals surface area contributed by atoms with Crippen molar-refractivity contribution in [2.24, 2.45) is 0 Å². The van der Waals surface area contributed by atoms with E-state index >= 15 is 0 Å². The van der Waals surface area contributed by atoms with Gasteiger partial charge in [-0.25, -0.2) is 17.8 Å². The van der Waals surface area contributed by atoms with E-state index in [1.165, 1.54) is 18.3 Å². The quantitative estimate of drug-likeness (QED) is 0.883. The zero-order chi connectivity index (χ0) is 13.9. The van der Waals surface area contributed by atoms with Crippen molar-refractivity contribution >= 4 is 26.5 Å². The molecule has 0 radical (unpaired) electrons. The summed E-state index contributed by atoms with van der Waals surface area (Å²) < 4.78 is 40.1. The molecular formula is C11H12FN3O2S2. The molecule has 102 valence electrons. The molecular weight excluding hydrogens is 289 g/mol. The lowest BCUT2D eigenvalue weighted by Gasteiger charge is -2.08. The van der Waals surface area contributed by atoms with Crippen LogP contribution in [-0.2, 0) is 16.6 Å². The van der Waals surface area contributed by atoms with Gasteiger partial charge in [0.1, 0.15) is 10.7 Å². The Bertz CT molecular complexity index is 657. The second-order valence-electron chi connectivity index (χ2n) is 3.74. The van der Waals surface area contributed by atoms with Gasteiger partial charge in [-0.3, -0.25) is 4.72 Å². The summed E-state index contributed by atoms with van der Waals surface area (Å²) in [5.74, 6) is -0.788. The highest BCUT2D eigenvalue weighted by molar-refractivity contribution is 7.93. The van der Waals surface area contributed by atoms with Gasteiger partial charge in [0.2, 0.25) is 0 Å². The molecule has 0 fully saturated rings. The zero-order valence-corrected chi connectivity index (χ0v) is 11.7. The normalized spacial score (nSPS) is 11.5. The molecule has 0 aliphatic rings. The van der Waals surface area contributed by atoms with Crippen LogP contribution in [0, 0.1) is 5.82 Å². The van der Waals surface area contributed by atoms with Crippen LogP contribution in [0.5, 0.6) is 0 Å². The third-order valence-corrected chi connectivity index (χ3v) is 4.49. The molecule has 1 aromatic heterocycles. The average Bonchev–Trinajstić information content (AvgIpc) is 2.84. The number of sulfonamides is 1. The molecule has 0 aliphatic heterocycles. The van der Waals surface area contributed by atoms with Crippen LogP contribution >= 0.6 is 11.3 Å². The van der Waals surface area contributed by atoms with Crippen LogP contribution < -0.4 is 10.0 Å². The Balaban J connectivity index is 2.36. The SMILES string of the molecule is CNCc1ccc(F)c(S(=O)(=O)Nc2nccs2)c1. The summed E-state index contributed by atoms with van der Waals surface area (Å²) in [5, 5.41) is 4.72. The first-order valence-electron chi connectivity index (χ1n) is 5.38. The lowest BCUT2D eigenvalue weighted by atomic mass is 10.2. The van der Waals surface area contributed by atoms with Gasteiger partial charge in [-0.2, -0.15) is 0 Å². The summed E-state index contributed by atoms with van der Waals surface area (Å²) in [6.45, 7) is 0.458. The molecule has 2 rings (SSSR count). The number of anilines is 1. The van der Waals surface area contributed by atoms with Gasteiger partial charge >= 0.3 is 0 Å². The Hall–Kier alpha value is -1.51. The number of nitrogens with zero attached hydrogens (tertiary/aromatic N) is 1. The van der Waals surface area contributed by atoms with Gasteiger partial charge in [0.15, 0.2) is 5.13 Å². The zero-order valence-electron chi connectivity index (χ0n) is 10.1. The second kappa shape index (κ2) is 5.64. The van der Waals surface area contributed by atoms with E-state index in [0.29, 0.717) is 12.1 Å². The van der Waals surface area contributed by atoms with Gasteiger partial charge in [-0.1, -0.05) is 6.07 Å². The van der Waals surface area contributed by atoms with Crippen LogP contribution in [-0.4, -0.2) is 20.4 Å². The van der Waals surface area contributed by atoms with Gasteiger partial charge < -0.3 is 5.32 Å². The molecule has 1 heterocycles. The lowest BCUT2D eigenvalue weighted by Crippen LogP contribution is -2.15. The van der Waals surface area contributed by atoms with Crippen LogP contribution in [0.2, 0.25) is 0 Å². The van der Waals surface area contributed by atoms with Crippen molar-refractivity contribution in [3.63, 3.8) is 0 Å². The summed E-state index contributed by atoms with van der Waals surface area (Å²) in [6.07, 6.45) is 1.47. The lowest BCUT2D eigenvalue weighted by molar-refractivity contribution is 0.569. The van der Waals surface area contributed by atoms with E-state index in [2.05, 4.69) is 15.0 Å². The average molecular weight is 301 g/mol. The fourth-order valence-electron chi connectivity index (χ4n) is 1.51. The molecule has 2 aromatic rings. The summed E-state index contributed by atoms with van der Waals surface area (Å²) in [5.41, 5.74) is 0.684. The van der Waals surface area contributed by atoms with Crippen LogP contribution in [0.1, 0.15) is 5.56 Å². The van der Waals surface area contributed by atoms with E-state index in [0.717, 1.165) is 17.4 Å². The second-order valence-corrected chi connectivity index (χ2v) is 6.28. The number of nitrogens with one attached hydrogen (secondary N) is 2. The Labute approximate surface area is 114 Å². The summed E-state index contributed by atoms with van der Waals surface area (Å²) in [4.78, 5) is 3.43. The van der Waals surface area contributed by atoms with Crippen LogP contribution in [0.4, 0.5) is 9.52 Å². The van der Waals surface area contributed by atoms with Crippen molar-refractivity contribution in [3.05, 3.63) is 41.2 Å². The van der Waals surface area contributed by atoms with E-state index in [1.54, 1.807) is 12.4 Å². The minimum atomic E-state index is -3.96. The Kier molecular flexibility index (Phi) is 4.13. The van der Waals surface area contributed by atoms with Crippen LogP contribution in [0.15, 0.2) is 34.7 Å². The Morgan fingerprint density at radius 1 is 1.42 bits per heavy atom. The smallest absolute Gasteiger partial charge is 0.266 e. The van der Waals surface area contributed by atoms with Crippen molar-refractivity contribution in [3.8, 4) is 0 Å². The van der Waals surface area contributed by atoms with Crippen molar-refractivity contribution in [2.45, 2.75) is 11.4 Å². The molecule has 1 aromatic carbocycles. The van der Waals surface area contributed by atoms with Crippen molar-refractivity contribution in [1.29, 1.82) is 0 Å². The number of thiazole rings is 1. The van der Waals surface area contributed by atoms with E-state index in [9.17, 15) is 12.8 Å². The molecule has 0 amide bonds. The molecule has 0 saturated heterocycles. The third kappa shape index (κ3) is 3.28. The molecule has 19 heavy (non-hydrogen) atoms. The minimum absolute atomic E-state index is 0.207. The summed E-state index contributed by atoms with van der Waals surface area (Å²) >= 11 is 1.13. The van der Waals surface area contributed by atoms with Gasteiger partial charge in [-0.15, -0.1) is 11.3 Å². The fraction of sp³-hybridized carbons (Fsp3) is 0.182. The number of aromatic nitrogens is 1. The molecule has 0 atom stereocenters. The van der Waals surface area contributed by atoms with Crippen molar-refractivity contribution < 1.29 is 12.8 Å². The van der Waals surface area contributed by atoms with Crippen molar-refractivity contribution in [1.82, 2.24) is 10.3 Å². The van der Waals surface area contributed by atoms with Gasteiger partial charge in [0, 0.05) is 18.1 Å². The monoisotopic (exact) mass is 301 g/mol. The molecule has 8 heteroatoms. The van der Waals surface area contributed by atoms with E-state index in [1.807, 2.05) is 0 Å². The minimum Gasteiger partial charge on any atom is -0.316 e. The summed E-state index contributed by atoms with van der Waals surface area (Å²) in [6, 6.07) is 3.99. The van der Waals surface area contributed by atoms with Gasteiger partial charge in [-0.05, 0) is 24.7 Å². The first kappa shape index (κ1) is 13.9. The van der Waals surface area contributed by atoms with E-state index in [-0.39, 0.29) is 10.0 Å². The number of hydrogen-bond donors (Lipinski definition) is 2. The fourth-order valence-corrected chi connectivity index (χ4v) is 3.43. The third-order valence-electron chi connectivity index (χ3n) is 2.32. The highest BCUT2D eigenvalue weighted by atomic mass is 32.2. The first-order chi connectivity index (χ1) is 9.03. The molecule has 0 aliphatic carbocycles. The number of hydrogen-bond acceptors (Lipinski definition) is 5. The Morgan fingerprint density at radius 2 is 2.21 bits per heavy atom. The predicted octanol–water partition coefficient (Wildman–Crippen LogP) is 1.80. The highest BCUT2D eigenvalue weighted by Crippen LogP contribution is 2.21. The van der Waals surface area contributed by atoms with E-state index < -0.39 is 15.8 Å². The topological polar surface area (TPSA) is 71.1 Å². The van der Waals surface area contributed by atoms with Gasteiger partial charge in [0.05, 0.1) is 0 Å². The molecule has 0 bridgehead atoms. The first-order valence-corrected chi connectivity index (χ1v) is 7.74. The molecule has 0 unspecified atom stereocenters. The molecule has 5 nitrogen and oxygen atoms in total. The number of halogens is 1. The van der Waals surface area contributed by atoms with Crippen LogP contribution in [0.3, 0.4) is 0 Å². The number of rotatable bonds is 5. The highest BCUT2D eigenvalue weighted by Gasteiger charge is 2.20. The largest absolute Gasteiger partial charge is 0.316 e. The van der Waals surface area contributed by atoms with E-state index in [4.69, 9.17) is 0 Å².